The Bertz CT molecular complexity index is 520. The van der Waals surface area contributed by atoms with E-state index in [2.05, 4.69) is 10.2 Å². The molecule has 2 rings (SSSR count). The molecule has 1 fully saturated rings. The highest BCUT2D eigenvalue weighted by Crippen LogP contribution is 2.20. The Hall–Kier alpha value is -2.18. The van der Waals surface area contributed by atoms with Crippen LogP contribution in [0.25, 0.3) is 0 Å². The summed E-state index contributed by atoms with van der Waals surface area (Å²) in [5.74, 6) is -1.13. The summed E-state index contributed by atoms with van der Waals surface area (Å²) < 4.78 is 0. The predicted octanol–water partition coefficient (Wildman–Crippen LogP) is 0.0968. The van der Waals surface area contributed by atoms with E-state index in [-0.39, 0.29) is 29.5 Å². The zero-order valence-corrected chi connectivity index (χ0v) is 10.3. The molecule has 0 bridgehead atoms. The lowest BCUT2D eigenvalue weighted by Crippen LogP contribution is -2.41. The standard InChI is InChI=1S/C12H15N3O4/c16-10-4-3-9(13-14-10)12(19)15-5-1-2-8(7-15)6-11(17)18/h3-4,8H,1-2,5-7H2,(H,14,16)(H,17,18). The van der Waals surface area contributed by atoms with Crippen LogP contribution in [-0.4, -0.2) is 45.2 Å². The third-order valence-corrected chi connectivity index (χ3v) is 3.17. The zero-order chi connectivity index (χ0) is 13.8. The minimum absolute atomic E-state index is 0.0158. The van der Waals surface area contributed by atoms with Crippen LogP contribution in [0.1, 0.15) is 29.8 Å². The highest BCUT2D eigenvalue weighted by atomic mass is 16.4. The first kappa shape index (κ1) is 13.3. The number of amides is 1. The number of piperidine rings is 1. The van der Waals surface area contributed by atoms with Crippen LogP contribution in [0.15, 0.2) is 16.9 Å². The molecule has 19 heavy (non-hydrogen) atoms. The lowest BCUT2D eigenvalue weighted by Gasteiger charge is -2.31. The second-order valence-corrected chi connectivity index (χ2v) is 4.66. The number of carbonyl (C=O) groups is 2. The molecule has 1 amide bonds. The molecule has 1 aliphatic rings. The maximum Gasteiger partial charge on any atom is 0.303 e. The quantitative estimate of drug-likeness (QED) is 0.806. The summed E-state index contributed by atoms with van der Waals surface area (Å²) in [4.78, 5) is 35.3. The van der Waals surface area contributed by atoms with Crippen molar-refractivity contribution in [3.05, 3.63) is 28.2 Å². The summed E-state index contributed by atoms with van der Waals surface area (Å²) >= 11 is 0. The topological polar surface area (TPSA) is 103 Å². The monoisotopic (exact) mass is 265 g/mol. The Balaban J connectivity index is 2.04. The Morgan fingerprint density at radius 2 is 2.26 bits per heavy atom. The average Bonchev–Trinajstić information content (AvgIpc) is 2.38. The Morgan fingerprint density at radius 1 is 1.47 bits per heavy atom. The molecule has 7 nitrogen and oxygen atoms in total. The Kier molecular flexibility index (Phi) is 3.94. The number of likely N-dealkylation sites (tertiary alicyclic amines) is 1. The van der Waals surface area contributed by atoms with E-state index in [1.165, 1.54) is 12.1 Å². The second kappa shape index (κ2) is 5.64. The van der Waals surface area contributed by atoms with E-state index in [0.29, 0.717) is 13.1 Å². The summed E-state index contributed by atoms with van der Waals surface area (Å²) in [6.45, 7) is 1.02. The molecule has 2 heterocycles. The molecule has 1 aliphatic heterocycles. The van der Waals surface area contributed by atoms with Gasteiger partial charge in [-0.2, -0.15) is 5.10 Å². The van der Waals surface area contributed by atoms with Crippen LogP contribution in [0.2, 0.25) is 0 Å². The van der Waals surface area contributed by atoms with Crippen LogP contribution >= 0.6 is 0 Å². The molecule has 0 aliphatic carbocycles. The van der Waals surface area contributed by atoms with Gasteiger partial charge in [0.25, 0.3) is 11.5 Å². The van der Waals surface area contributed by atoms with E-state index in [4.69, 9.17) is 5.11 Å². The number of rotatable bonds is 3. The van der Waals surface area contributed by atoms with Gasteiger partial charge in [0.1, 0.15) is 5.69 Å². The molecule has 0 saturated carbocycles. The number of nitrogens with one attached hydrogen (secondary N) is 1. The molecule has 1 saturated heterocycles. The Morgan fingerprint density at radius 3 is 2.89 bits per heavy atom. The molecular formula is C12H15N3O4. The van der Waals surface area contributed by atoms with Gasteiger partial charge >= 0.3 is 5.97 Å². The molecule has 0 spiro atoms. The highest BCUT2D eigenvalue weighted by molar-refractivity contribution is 5.92. The lowest BCUT2D eigenvalue weighted by atomic mass is 9.94. The molecule has 102 valence electrons. The number of carbonyl (C=O) groups excluding carboxylic acids is 1. The minimum Gasteiger partial charge on any atom is -0.481 e. The summed E-state index contributed by atoms with van der Waals surface area (Å²) in [7, 11) is 0. The van der Waals surface area contributed by atoms with Crippen LogP contribution in [-0.2, 0) is 4.79 Å². The van der Waals surface area contributed by atoms with Gasteiger partial charge in [0.2, 0.25) is 0 Å². The minimum atomic E-state index is -0.846. The highest BCUT2D eigenvalue weighted by Gasteiger charge is 2.26. The molecule has 0 aromatic carbocycles. The fourth-order valence-electron chi connectivity index (χ4n) is 2.29. The van der Waals surface area contributed by atoms with Crippen LogP contribution in [0.4, 0.5) is 0 Å². The molecule has 1 aromatic heterocycles. The maximum absolute atomic E-state index is 12.1. The summed E-state index contributed by atoms with van der Waals surface area (Å²) in [6, 6.07) is 2.63. The van der Waals surface area contributed by atoms with Gasteiger partial charge in [0.05, 0.1) is 0 Å². The number of carboxylic acids is 1. The lowest BCUT2D eigenvalue weighted by molar-refractivity contribution is -0.138. The van der Waals surface area contributed by atoms with E-state index in [9.17, 15) is 14.4 Å². The Labute approximate surface area is 109 Å². The van der Waals surface area contributed by atoms with Gasteiger partial charge in [0, 0.05) is 25.6 Å². The smallest absolute Gasteiger partial charge is 0.303 e. The zero-order valence-electron chi connectivity index (χ0n) is 10.3. The van der Waals surface area contributed by atoms with Crippen LogP contribution in [0, 0.1) is 5.92 Å². The van der Waals surface area contributed by atoms with Crippen LogP contribution in [0.3, 0.4) is 0 Å². The maximum atomic E-state index is 12.1. The van der Waals surface area contributed by atoms with E-state index < -0.39 is 5.97 Å². The number of nitrogens with zero attached hydrogens (tertiary/aromatic N) is 2. The number of carboxylic acid groups (broad SMARTS) is 1. The van der Waals surface area contributed by atoms with Crippen LogP contribution in [0.5, 0.6) is 0 Å². The van der Waals surface area contributed by atoms with Crippen molar-refractivity contribution in [1.29, 1.82) is 0 Å². The summed E-state index contributed by atoms with van der Waals surface area (Å²) in [6.07, 6.45) is 1.67. The van der Waals surface area contributed by atoms with Gasteiger partial charge in [-0.1, -0.05) is 0 Å². The van der Waals surface area contributed by atoms with Crippen molar-refractivity contribution in [2.24, 2.45) is 5.92 Å². The molecule has 1 unspecified atom stereocenters. The largest absolute Gasteiger partial charge is 0.481 e. The van der Waals surface area contributed by atoms with Gasteiger partial charge in [0.15, 0.2) is 0 Å². The molecule has 0 radical (unpaired) electrons. The van der Waals surface area contributed by atoms with Crippen molar-refractivity contribution in [3.8, 4) is 0 Å². The normalized spacial score (nSPS) is 19.2. The van der Waals surface area contributed by atoms with Crippen molar-refractivity contribution in [3.63, 3.8) is 0 Å². The fourth-order valence-corrected chi connectivity index (χ4v) is 2.29. The van der Waals surface area contributed by atoms with Crippen molar-refractivity contribution in [2.45, 2.75) is 19.3 Å². The van der Waals surface area contributed by atoms with E-state index >= 15 is 0 Å². The SMILES string of the molecule is O=C(O)CC1CCCN(C(=O)c2ccc(=O)[nH]n2)C1. The van der Waals surface area contributed by atoms with Gasteiger partial charge in [-0.25, -0.2) is 5.10 Å². The molecule has 2 N–H and O–H groups in total. The number of hydrogen-bond acceptors (Lipinski definition) is 4. The molecule has 1 aromatic rings. The number of aromatic nitrogens is 2. The fraction of sp³-hybridized carbons (Fsp3) is 0.500. The van der Waals surface area contributed by atoms with E-state index in [0.717, 1.165) is 12.8 Å². The second-order valence-electron chi connectivity index (χ2n) is 4.66. The van der Waals surface area contributed by atoms with Crippen molar-refractivity contribution in [2.75, 3.05) is 13.1 Å². The van der Waals surface area contributed by atoms with Gasteiger partial charge < -0.3 is 10.0 Å². The molecular weight excluding hydrogens is 250 g/mol. The van der Waals surface area contributed by atoms with Crippen molar-refractivity contribution in [1.82, 2.24) is 15.1 Å². The number of aromatic amines is 1. The molecule has 1 atom stereocenters. The number of hydrogen-bond donors (Lipinski definition) is 2. The molecule has 7 heteroatoms. The third-order valence-electron chi connectivity index (χ3n) is 3.17. The summed E-state index contributed by atoms with van der Waals surface area (Å²) in [5, 5.41) is 14.7. The van der Waals surface area contributed by atoms with Crippen LogP contribution < -0.4 is 5.56 Å². The third kappa shape index (κ3) is 3.40. The first-order chi connectivity index (χ1) is 9.06. The average molecular weight is 265 g/mol. The van der Waals surface area contributed by atoms with Gasteiger partial charge in [-0.3, -0.25) is 14.4 Å². The number of aliphatic carboxylic acids is 1. The first-order valence-electron chi connectivity index (χ1n) is 6.13. The van der Waals surface area contributed by atoms with E-state index in [1.54, 1.807) is 4.90 Å². The van der Waals surface area contributed by atoms with E-state index in [1.807, 2.05) is 0 Å². The number of H-pyrrole nitrogens is 1. The predicted molar refractivity (Wildman–Crippen MR) is 65.7 cm³/mol. The van der Waals surface area contributed by atoms with Crippen molar-refractivity contribution < 1.29 is 14.7 Å². The van der Waals surface area contributed by atoms with Crippen molar-refractivity contribution >= 4 is 11.9 Å². The first-order valence-corrected chi connectivity index (χ1v) is 6.13. The van der Waals surface area contributed by atoms with Gasteiger partial charge in [-0.05, 0) is 24.8 Å². The summed E-state index contributed by atoms with van der Waals surface area (Å²) in [5.41, 5.74) is -0.186. The van der Waals surface area contributed by atoms with Gasteiger partial charge in [-0.15, -0.1) is 0 Å².